The fraction of sp³-hybridized carbons (Fsp3) is 1.00. The summed E-state index contributed by atoms with van der Waals surface area (Å²) in [5.74, 6) is 0. The van der Waals surface area contributed by atoms with Gasteiger partial charge in [-0.25, -0.2) is 0 Å². The molecule has 3 nitrogen and oxygen atoms in total. The summed E-state index contributed by atoms with van der Waals surface area (Å²) in [7, 11) is 0. The fourth-order valence-electron chi connectivity index (χ4n) is 1.61. The predicted molar refractivity (Wildman–Crippen MR) is 54.9 cm³/mol. The van der Waals surface area contributed by atoms with Crippen molar-refractivity contribution < 1.29 is 14.2 Å². The third-order valence-electron chi connectivity index (χ3n) is 2.25. The second kappa shape index (κ2) is 3.62. The van der Waals surface area contributed by atoms with Crippen molar-refractivity contribution in [2.24, 2.45) is 0 Å². The summed E-state index contributed by atoms with van der Waals surface area (Å²) >= 11 is 8.67. The van der Waals surface area contributed by atoms with Crippen molar-refractivity contribution in [1.29, 1.82) is 0 Å². The first-order valence-corrected chi connectivity index (χ1v) is 5.44. The maximum atomic E-state index is 5.63. The number of ether oxygens (including phenoxy) is 3. The lowest BCUT2D eigenvalue weighted by atomic mass is 10.3. The molecule has 2 rings (SSSR count). The summed E-state index contributed by atoms with van der Waals surface area (Å²) in [5.41, 5.74) is 0. The molecule has 2 unspecified atom stereocenters. The molecule has 0 bridgehead atoms. The van der Waals surface area contributed by atoms with Crippen molar-refractivity contribution in [3.8, 4) is 0 Å². The minimum Gasteiger partial charge on any atom is -0.341 e. The zero-order valence-corrected chi connectivity index (χ0v) is 9.15. The average Bonchev–Trinajstić information content (AvgIpc) is 2.60. The Morgan fingerprint density at radius 1 is 0.923 bits per heavy atom. The SMILES string of the molecule is SC1(OC2(S)CCCO2)CCCO1. The Hall–Kier alpha value is 0.580. The van der Waals surface area contributed by atoms with Crippen molar-refractivity contribution in [1.82, 2.24) is 0 Å². The molecule has 0 radical (unpaired) electrons. The molecule has 5 heteroatoms. The number of thiol groups is 2. The molecule has 2 heterocycles. The highest BCUT2D eigenvalue weighted by atomic mass is 32.1. The Labute approximate surface area is 88.9 Å². The van der Waals surface area contributed by atoms with E-state index in [1.54, 1.807) is 0 Å². The van der Waals surface area contributed by atoms with Gasteiger partial charge in [-0.05, 0) is 12.8 Å². The maximum absolute atomic E-state index is 5.63. The van der Waals surface area contributed by atoms with Crippen LogP contribution in [0.3, 0.4) is 0 Å². The molecule has 2 fully saturated rings. The van der Waals surface area contributed by atoms with Gasteiger partial charge in [0.2, 0.25) is 10.2 Å². The molecule has 0 spiro atoms. The van der Waals surface area contributed by atoms with Gasteiger partial charge in [0.15, 0.2) is 0 Å². The van der Waals surface area contributed by atoms with Gasteiger partial charge in [-0.1, -0.05) is 0 Å². The number of hydrogen-bond acceptors (Lipinski definition) is 5. The van der Waals surface area contributed by atoms with Crippen LogP contribution in [0.5, 0.6) is 0 Å². The Kier molecular flexibility index (Phi) is 2.82. The molecule has 0 aromatic carbocycles. The predicted octanol–water partition coefficient (Wildman–Crippen LogP) is 1.79. The Morgan fingerprint density at radius 3 is 1.69 bits per heavy atom. The van der Waals surface area contributed by atoms with E-state index in [9.17, 15) is 0 Å². The normalized spacial score (nSPS) is 45.7. The van der Waals surface area contributed by atoms with E-state index in [0.717, 1.165) is 25.7 Å². The first-order chi connectivity index (χ1) is 6.12. The second-order valence-corrected chi connectivity index (χ2v) is 4.79. The van der Waals surface area contributed by atoms with Crippen LogP contribution in [0.1, 0.15) is 25.7 Å². The first-order valence-electron chi connectivity index (χ1n) is 4.55. The van der Waals surface area contributed by atoms with Gasteiger partial charge in [-0.15, -0.1) is 25.3 Å². The van der Waals surface area contributed by atoms with Gasteiger partial charge in [0.1, 0.15) is 0 Å². The van der Waals surface area contributed by atoms with Gasteiger partial charge in [0, 0.05) is 12.8 Å². The summed E-state index contributed by atoms with van der Waals surface area (Å²) < 4.78 is 16.4. The molecule has 0 amide bonds. The molecule has 13 heavy (non-hydrogen) atoms. The average molecular weight is 222 g/mol. The summed E-state index contributed by atoms with van der Waals surface area (Å²) in [5, 5.41) is -1.57. The van der Waals surface area contributed by atoms with Gasteiger partial charge in [-0.3, -0.25) is 4.74 Å². The largest absolute Gasteiger partial charge is 0.341 e. The molecular weight excluding hydrogens is 208 g/mol. The molecule has 76 valence electrons. The van der Waals surface area contributed by atoms with Crippen molar-refractivity contribution in [3.05, 3.63) is 0 Å². The van der Waals surface area contributed by atoms with Gasteiger partial charge >= 0.3 is 0 Å². The minimum absolute atomic E-state index is 0.702. The van der Waals surface area contributed by atoms with E-state index in [-0.39, 0.29) is 0 Å². The lowest BCUT2D eigenvalue weighted by molar-refractivity contribution is -0.250. The van der Waals surface area contributed by atoms with Crippen LogP contribution in [0.15, 0.2) is 0 Å². The third kappa shape index (κ3) is 2.33. The van der Waals surface area contributed by atoms with Crippen molar-refractivity contribution in [2.75, 3.05) is 13.2 Å². The van der Waals surface area contributed by atoms with Crippen LogP contribution in [0.25, 0.3) is 0 Å². The summed E-state index contributed by atoms with van der Waals surface area (Å²) in [4.78, 5) is 0. The van der Waals surface area contributed by atoms with Crippen LogP contribution in [-0.2, 0) is 14.2 Å². The highest BCUT2D eigenvalue weighted by Gasteiger charge is 2.43. The highest BCUT2D eigenvalue weighted by molar-refractivity contribution is 7.82. The van der Waals surface area contributed by atoms with E-state index >= 15 is 0 Å². The van der Waals surface area contributed by atoms with Gasteiger partial charge in [-0.2, -0.15) is 0 Å². The van der Waals surface area contributed by atoms with Crippen LogP contribution in [0.4, 0.5) is 0 Å². The molecule has 2 aliphatic heterocycles. The Bertz CT molecular complexity index is 166. The Balaban J connectivity index is 1.95. The zero-order valence-electron chi connectivity index (χ0n) is 7.36. The van der Waals surface area contributed by atoms with Crippen LogP contribution in [0.2, 0.25) is 0 Å². The van der Waals surface area contributed by atoms with E-state index in [0.29, 0.717) is 13.2 Å². The van der Waals surface area contributed by atoms with Gasteiger partial charge < -0.3 is 9.47 Å². The molecule has 0 aromatic rings. The minimum atomic E-state index is -0.786. The van der Waals surface area contributed by atoms with Crippen LogP contribution in [-0.4, -0.2) is 23.5 Å². The molecular formula is C8H14O3S2. The standard InChI is InChI=1S/C8H14O3S2/c12-7(3-1-5-9-7)11-8(13)4-2-6-10-8/h12-13H,1-6H2. The molecule has 2 aliphatic rings. The van der Waals surface area contributed by atoms with Gasteiger partial charge in [0.05, 0.1) is 13.2 Å². The monoisotopic (exact) mass is 222 g/mol. The number of rotatable bonds is 2. The van der Waals surface area contributed by atoms with E-state index in [1.165, 1.54) is 0 Å². The summed E-state index contributed by atoms with van der Waals surface area (Å²) in [6.07, 6.45) is 3.55. The smallest absolute Gasteiger partial charge is 0.218 e. The molecule has 0 N–H and O–H groups in total. The van der Waals surface area contributed by atoms with E-state index in [1.807, 2.05) is 0 Å². The summed E-state index contributed by atoms with van der Waals surface area (Å²) in [6.45, 7) is 1.40. The second-order valence-electron chi connectivity index (χ2n) is 3.43. The van der Waals surface area contributed by atoms with Gasteiger partial charge in [0.25, 0.3) is 0 Å². The molecule has 2 saturated heterocycles. The fourth-order valence-corrected chi connectivity index (χ4v) is 2.47. The lowest BCUT2D eigenvalue weighted by Crippen LogP contribution is -2.36. The van der Waals surface area contributed by atoms with Crippen molar-refractivity contribution in [3.63, 3.8) is 0 Å². The quantitative estimate of drug-likeness (QED) is 0.551. The van der Waals surface area contributed by atoms with Crippen LogP contribution in [0, 0.1) is 0 Å². The third-order valence-corrected chi connectivity index (χ3v) is 3.14. The van der Waals surface area contributed by atoms with Crippen molar-refractivity contribution in [2.45, 2.75) is 35.9 Å². The lowest BCUT2D eigenvalue weighted by Gasteiger charge is -2.32. The molecule has 0 saturated carbocycles. The van der Waals surface area contributed by atoms with E-state index < -0.39 is 10.2 Å². The molecule has 0 aliphatic carbocycles. The van der Waals surface area contributed by atoms with E-state index in [4.69, 9.17) is 14.2 Å². The first kappa shape index (κ1) is 10.1. The molecule has 2 atom stereocenters. The van der Waals surface area contributed by atoms with Crippen LogP contribution >= 0.6 is 25.3 Å². The van der Waals surface area contributed by atoms with Crippen molar-refractivity contribution >= 4 is 25.3 Å². The maximum Gasteiger partial charge on any atom is 0.218 e. The Morgan fingerprint density at radius 2 is 1.38 bits per heavy atom. The topological polar surface area (TPSA) is 27.7 Å². The van der Waals surface area contributed by atoms with E-state index in [2.05, 4.69) is 25.3 Å². The highest BCUT2D eigenvalue weighted by Crippen LogP contribution is 2.40. The molecule has 0 aromatic heterocycles. The zero-order chi connectivity index (χ0) is 9.36. The number of hydrogen-bond donors (Lipinski definition) is 2. The van der Waals surface area contributed by atoms with Crippen LogP contribution < -0.4 is 0 Å². The summed E-state index contributed by atoms with van der Waals surface area (Å²) in [6, 6.07) is 0.